The Bertz CT molecular complexity index is 1160. The molecule has 32 heavy (non-hydrogen) atoms. The summed E-state index contributed by atoms with van der Waals surface area (Å²) >= 11 is 0. The molecule has 0 fully saturated rings. The van der Waals surface area contributed by atoms with Crippen LogP contribution in [-0.2, 0) is 0 Å². The standard InChI is InChI=1S/C25H25N5O2/c1-28(2)20-11-5-17(6-12-20)23-24(18-7-13-21(14-8-18)29(3)4)27-25(26-23)19-9-15-22(16-10-19)30(31)32/h5-16H,1-4H3,(H,26,27). The zero-order valence-electron chi connectivity index (χ0n) is 18.5. The van der Waals surface area contributed by atoms with Crippen molar-refractivity contribution < 1.29 is 4.92 Å². The number of nitro benzene ring substituents is 1. The Balaban J connectivity index is 1.81. The molecule has 3 aromatic carbocycles. The van der Waals surface area contributed by atoms with Gasteiger partial charge in [0.1, 0.15) is 5.82 Å². The molecule has 4 rings (SSSR count). The SMILES string of the molecule is CN(C)c1ccc(-c2nc(-c3ccc([N+](=O)[O-])cc3)[nH]c2-c2ccc(N(C)C)cc2)cc1. The maximum atomic E-state index is 11.0. The van der Waals surface area contributed by atoms with E-state index in [1.54, 1.807) is 12.1 Å². The molecule has 0 unspecified atom stereocenters. The summed E-state index contributed by atoms with van der Waals surface area (Å²) in [4.78, 5) is 23.0. The van der Waals surface area contributed by atoms with Crippen LogP contribution in [0.5, 0.6) is 0 Å². The predicted molar refractivity (Wildman–Crippen MR) is 130 cm³/mol. The number of benzene rings is 3. The minimum absolute atomic E-state index is 0.0549. The first kappa shape index (κ1) is 21.1. The zero-order valence-corrected chi connectivity index (χ0v) is 18.5. The zero-order chi connectivity index (χ0) is 22.8. The van der Waals surface area contributed by atoms with Crippen LogP contribution < -0.4 is 9.80 Å². The largest absolute Gasteiger partial charge is 0.378 e. The molecule has 1 heterocycles. The van der Waals surface area contributed by atoms with E-state index >= 15 is 0 Å². The third-order valence-electron chi connectivity index (χ3n) is 5.38. The van der Waals surface area contributed by atoms with Crippen LogP contribution in [0.25, 0.3) is 33.9 Å². The van der Waals surface area contributed by atoms with Crippen LogP contribution in [0.4, 0.5) is 17.1 Å². The smallest absolute Gasteiger partial charge is 0.269 e. The van der Waals surface area contributed by atoms with Gasteiger partial charge >= 0.3 is 0 Å². The molecule has 4 aromatic rings. The molecule has 0 amide bonds. The molecule has 1 aromatic heterocycles. The van der Waals surface area contributed by atoms with Gasteiger partial charge in [0.25, 0.3) is 5.69 Å². The lowest BCUT2D eigenvalue weighted by atomic mass is 10.0. The van der Waals surface area contributed by atoms with Crippen molar-refractivity contribution in [2.24, 2.45) is 0 Å². The number of aromatic nitrogens is 2. The van der Waals surface area contributed by atoms with Gasteiger partial charge in [-0.3, -0.25) is 10.1 Å². The molecule has 0 atom stereocenters. The van der Waals surface area contributed by atoms with Gasteiger partial charge < -0.3 is 14.8 Å². The molecule has 1 N–H and O–H groups in total. The lowest BCUT2D eigenvalue weighted by Gasteiger charge is -2.13. The van der Waals surface area contributed by atoms with E-state index in [9.17, 15) is 10.1 Å². The fourth-order valence-corrected chi connectivity index (χ4v) is 3.51. The quantitative estimate of drug-likeness (QED) is 0.327. The van der Waals surface area contributed by atoms with Crippen LogP contribution in [0.1, 0.15) is 0 Å². The van der Waals surface area contributed by atoms with Crippen LogP contribution in [0.2, 0.25) is 0 Å². The van der Waals surface area contributed by atoms with Gasteiger partial charge in [0, 0.05) is 68.4 Å². The summed E-state index contributed by atoms with van der Waals surface area (Å²) < 4.78 is 0. The molecule has 0 aliphatic carbocycles. The van der Waals surface area contributed by atoms with Gasteiger partial charge in [0.15, 0.2) is 0 Å². The minimum atomic E-state index is -0.401. The van der Waals surface area contributed by atoms with E-state index in [4.69, 9.17) is 4.98 Å². The van der Waals surface area contributed by atoms with Crippen molar-refractivity contribution in [3.05, 3.63) is 82.9 Å². The fraction of sp³-hybridized carbons (Fsp3) is 0.160. The molecule has 0 aliphatic rings. The minimum Gasteiger partial charge on any atom is -0.378 e. The third-order valence-corrected chi connectivity index (χ3v) is 5.38. The number of non-ortho nitro benzene ring substituents is 1. The predicted octanol–water partition coefficient (Wildman–Crippen LogP) is 5.45. The average molecular weight is 428 g/mol. The number of rotatable bonds is 6. The maximum absolute atomic E-state index is 11.0. The van der Waals surface area contributed by atoms with Gasteiger partial charge in [0.2, 0.25) is 0 Å². The molecule has 0 radical (unpaired) electrons. The molecule has 0 bridgehead atoms. The van der Waals surface area contributed by atoms with Crippen molar-refractivity contribution in [1.29, 1.82) is 0 Å². The number of aromatic amines is 1. The van der Waals surface area contributed by atoms with E-state index in [-0.39, 0.29) is 5.69 Å². The number of nitro groups is 1. The first-order chi connectivity index (χ1) is 15.3. The van der Waals surface area contributed by atoms with Gasteiger partial charge in [-0.1, -0.05) is 24.3 Å². The average Bonchev–Trinajstić information content (AvgIpc) is 3.24. The van der Waals surface area contributed by atoms with Gasteiger partial charge in [-0.25, -0.2) is 4.98 Å². The van der Waals surface area contributed by atoms with Crippen molar-refractivity contribution in [3.63, 3.8) is 0 Å². The molecular formula is C25H25N5O2. The van der Waals surface area contributed by atoms with Crippen LogP contribution in [0.15, 0.2) is 72.8 Å². The number of nitrogens with zero attached hydrogens (tertiary/aromatic N) is 4. The van der Waals surface area contributed by atoms with Gasteiger partial charge in [-0.15, -0.1) is 0 Å². The van der Waals surface area contributed by atoms with E-state index in [1.165, 1.54) is 12.1 Å². The molecule has 0 aliphatic heterocycles. The van der Waals surface area contributed by atoms with Gasteiger partial charge in [-0.05, 0) is 36.4 Å². The van der Waals surface area contributed by atoms with Crippen LogP contribution in [0.3, 0.4) is 0 Å². The van der Waals surface area contributed by atoms with Gasteiger partial charge in [0.05, 0.1) is 16.3 Å². The van der Waals surface area contributed by atoms with E-state index < -0.39 is 4.92 Å². The molecule has 7 heteroatoms. The fourth-order valence-electron chi connectivity index (χ4n) is 3.51. The summed E-state index contributed by atoms with van der Waals surface area (Å²) in [7, 11) is 8.03. The summed E-state index contributed by atoms with van der Waals surface area (Å²) in [5.74, 6) is 0.665. The Morgan fingerprint density at radius 3 is 1.66 bits per heavy atom. The Hall–Kier alpha value is -4.13. The second-order valence-electron chi connectivity index (χ2n) is 8.00. The van der Waals surface area contributed by atoms with Crippen LogP contribution in [-0.4, -0.2) is 43.1 Å². The normalized spacial score (nSPS) is 10.8. The monoisotopic (exact) mass is 427 g/mol. The number of imidazole rings is 1. The Morgan fingerprint density at radius 1 is 0.719 bits per heavy atom. The Kier molecular flexibility index (Phi) is 5.64. The summed E-state index contributed by atoms with van der Waals surface area (Å²) in [6.45, 7) is 0. The molecule has 0 spiro atoms. The molecular weight excluding hydrogens is 402 g/mol. The van der Waals surface area contributed by atoms with Crippen molar-refractivity contribution in [2.45, 2.75) is 0 Å². The highest BCUT2D eigenvalue weighted by atomic mass is 16.6. The second-order valence-corrected chi connectivity index (χ2v) is 8.00. The maximum Gasteiger partial charge on any atom is 0.269 e. The van der Waals surface area contributed by atoms with Gasteiger partial charge in [-0.2, -0.15) is 0 Å². The number of anilines is 2. The number of nitrogens with one attached hydrogen (secondary N) is 1. The second kappa shape index (κ2) is 8.55. The van der Waals surface area contributed by atoms with Crippen molar-refractivity contribution in [3.8, 4) is 33.9 Å². The number of hydrogen-bond acceptors (Lipinski definition) is 5. The highest BCUT2D eigenvalue weighted by Gasteiger charge is 2.16. The van der Waals surface area contributed by atoms with Crippen molar-refractivity contribution in [1.82, 2.24) is 9.97 Å². The lowest BCUT2D eigenvalue weighted by molar-refractivity contribution is -0.384. The lowest BCUT2D eigenvalue weighted by Crippen LogP contribution is -2.08. The first-order valence-electron chi connectivity index (χ1n) is 10.2. The molecule has 7 nitrogen and oxygen atoms in total. The van der Waals surface area contributed by atoms with E-state index in [1.807, 2.05) is 28.2 Å². The van der Waals surface area contributed by atoms with Crippen molar-refractivity contribution in [2.75, 3.05) is 38.0 Å². The summed E-state index contributed by atoms with van der Waals surface area (Å²) in [6, 6.07) is 22.9. The summed E-state index contributed by atoms with van der Waals surface area (Å²) in [5, 5.41) is 11.0. The van der Waals surface area contributed by atoms with Crippen LogP contribution >= 0.6 is 0 Å². The highest BCUT2D eigenvalue weighted by Crippen LogP contribution is 2.34. The van der Waals surface area contributed by atoms with E-state index in [2.05, 4.69) is 63.3 Å². The Labute approximate surface area is 187 Å². The third kappa shape index (κ3) is 4.18. The Morgan fingerprint density at radius 2 is 1.19 bits per heavy atom. The molecule has 0 saturated heterocycles. The summed E-state index contributed by atoms with van der Waals surface area (Å²) in [6.07, 6.45) is 0. The topological polar surface area (TPSA) is 78.3 Å². The first-order valence-corrected chi connectivity index (χ1v) is 10.2. The molecule has 0 saturated carbocycles. The van der Waals surface area contributed by atoms with Crippen molar-refractivity contribution >= 4 is 17.1 Å². The number of H-pyrrole nitrogens is 1. The molecule has 162 valence electrons. The van der Waals surface area contributed by atoms with E-state index in [0.717, 1.165) is 39.5 Å². The van der Waals surface area contributed by atoms with E-state index in [0.29, 0.717) is 5.82 Å². The van der Waals surface area contributed by atoms with Crippen LogP contribution in [0, 0.1) is 10.1 Å². The summed E-state index contributed by atoms with van der Waals surface area (Å²) in [5.41, 5.74) is 6.81. The highest BCUT2D eigenvalue weighted by molar-refractivity contribution is 5.82. The number of hydrogen-bond donors (Lipinski definition) is 1.